The van der Waals surface area contributed by atoms with E-state index in [4.69, 9.17) is 0 Å². The van der Waals surface area contributed by atoms with E-state index in [1.54, 1.807) is 24.3 Å². The number of aryl methyl sites for hydroxylation is 1. The summed E-state index contributed by atoms with van der Waals surface area (Å²) in [6, 6.07) is 11.4. The van der Waals surface area contributed by atoms with Gasteiger partial charge in [-0.3, -0.25) is 4.79 Å². The average molecular weight is 494 g/mol. The summed E-state index contributed by atoms with van der Waals surface area (Å²) in [6.45, 7) is 6.61. The molecule has 10 heteroatoms. The molecule has 1 saturated heterocycles. The predicted molar refractivity (Wildman–Crippen MR) is 128 cm³/mol. The second kappa shape index (κ2) is 10.3. The van der Waals surface area contributed by atoms with E-state index in [0.717, 1.165) is 18.4 Å². The summed E-state index contributed by atoms with van der Waals surface area (Å²) in [4.78, 5) is 13.2. The van der Waals surface area contributed by atoms with Crippen molar-refractivity contribution in [3.8, 4) is 0 Å². The highest BCUT2D eigenvalue weighted by atomic mass is 32.2. The Kier molecular flexibility index (Phi) is 7.94. The van der Waals surface area contributed by atoms with Crippen LogP contribution >= 0.6 is 0 Å². The summed E-state index contributed by atoms with van der Waals surface area (Å²) < 4.78 is 55.3. The molecule has 0 unspecified atom stereocenters. The van der Waals surface area contributed by atoms with Crippen LogP contribution in [0.1, 0.15) is 38.7 Å². The molecular formula is C23H31N3O5S2. The molecule has 2 aromatic carbocycles. The van der Waals surface area contributed by atoms with Gasteiger partial charge in [0.15, 0.2) is 0 Å². The largest absolute Gasteiger partial charge is 0.325 e. The molecule has 1 heterocycles. The summed E-state index contributed by atoms with van der Waals surface area (Å²) in [5, 5.41) is 2.68. The van der Waals surface area contributed by atoms with Crippen molar-refractivity contribution in [1.29, 1.82) is 0 Å². The topological polar surface area (TPSA) is 113 Å². The van der Waals surface area contributed by atoms with E-state index < -0.39 is 32.0 Å². The second-order valence-corrected chi connectivity index (χ2v) is 12.4. The van der Waals surface area contributed by atoms with Gasteiger partial charge in [0.05, 0.1) is 9.79 Å². The molecule has 1 amide bonds. The number of anilines is 1. The Labute approximate surface area is 196 Å². The van der Waals surface area contributed by atoms with Crippen LogP contribution in [0.2, 0.25) is 0 Å². The molecule has 2 N–H and O–H groups in total. The maximum absolute atomic E-state index is 13.0. The van der Waals surface area contributed by atoms with Crippen LogP contribution in [-0.4, -0.2) is 46.2 Å². The van der Waals surface area contributed by atoms with Crippen LogP contribution in [0.15, 0.2) is 58.3 Å². The van der Waals surface area contributed by atoms with E-state index in [0.29, 0.717) is 18.8 Å². The quantitative estimate of drug-likeness (QED) is 0.557. The number of carbonyl (C=O) groups is 1. The molecule has 1 fully saturated rings. The van der Waals surface area contributed by atoms with Gasteiger partial charge in [0, 0.05) is 18.8 Å². The monoisotopic (exact) mass is 493 g/mol. The van der Waals surface area contributed by atoms with Crippen LogP contribution in [0.5, 0.6) is 0 Å². The first-order chi connectivity index (χ1) is 15.5. The fraction of sp³-hybridized carbons (Fsp3) is 0.435. The minimum Gasteiger partial charge on any atom is -0.325 e. The third-order valence-corrected chi connectivity index (χ3v) is 8.84. The highest BCUT2D eigenvalue weighted by Crippen LogP contribution is 2.23. The van der Waals surface area contributed by atoms with Gasteiger partial charge in [0.25, 0.3) is 0 Å². The first kappa shape index (κ1) is 25.4. The Morgan fingerprint density at radius 1 is 0.970 bits per heavy atom. The number of benzene rings is 2. The van der Waals surface area contributed by atoms with Gasteiger partial charge < -0.3 is 5.32 Å². The molecule has 0 radical (unpaired) electrons. The third kappa shape index (κ3) is 6.41. The average Bonchev–Trinajstić information content (AvgIpc) is 3.29. The molecule has 1 aliphatic rings. The minimum absolute atomic E-state index is 0.0448. The lowest BCUT2D eigenvalue weighted by Gasteiger charge is -2.21. The van der Waals surface area contributed by atoms with Crippen LogP contribution in [0, 0.1) is 12.8 Å². The van der Waals surface area contributed by atoms with Gasteiger partial charge in [-0.15, -0.1) is 0 Å². The smallest absolute Gasteiger partial charge is 0.243 e. The SMILES string of the molecule is Cc1ccc(S(=O)(=O)N[C@@H](CC(C)C)C(=O)Nc2cccc(S(=O)(=O)N3CCCC3)c2)cc1. The number of hydrogen-bond donors (Lipinski definition) is 2. The number of sulfonamides is 2. The number of hydrogen-bond acceptors (Lipinski definition) is 5. The molecule has 0 bridgehead atoms. The Hall–Kier alpha value is -2.27. The van der Waals surface area contributed by atoms with E-state index in [-0.39, 0.29) is 22.1 Å². The Morgan fingerprint density at radius 2 is 1.61 bits per heavy atom. The third-order valence-electron chi connectivity index (χ3n) is 5.46. The molecule has 1 aliphatic heterocycles. The standard InChI is InChI=1S/C23H31N3O5S2/c1-17(2)15-22(25-32(28,29)20-11-9-18(3)10-12-20)23(27)24-19-7-6-8-21(16-19)33(30,31)26-13-4-5-14-26/h6-12,16-17,22,25H,4-5,13-15H2,1-3H3,(H,24,27)/t22-/m0/s1. The Morgan fingerprint density at radius 3 is 2.21 bits per heavy atom. The Bertz CT molecular complexity index is 1190. The van der Waals surface area contributed by atoms with Crippen molar-refractivity contribution in [2.75, 3.05) is 18.4 Å². The van der Waals surface area contributed by atoms with Crippen LogP contribution in [0.4, 0.5) is 5.69 Å². The van der Waals surface area contributed by atoms with Crippen molar-refractivity contribution in [1.82, 2.24) is 9.03 Å². The van der Waals surface area contributed by atoms with Gasteiger partial charge in [-0.25, -0.2) is 16.8 Å². The molecular weight excluding hydrogens is 462 g/mol. The zero-order chi connectivity index (χ0) is 24.2. The van der Waals surface area contributed by atoms with Crippen molar-refractivity contribution in [2.24, 2.45) is 5.92 Å². The highest BCUT2D eigenvalue weighted by Gasteiger charge is 2.29. The Balaban J connectivity index is 1.80. The first-order valence-corrected chi connectivity index (χ1v) is 13.9. The molecule has 1 atom stereocenters. The second-order valence-electron chi connectivity index (χ2n) is 8.74. The number of rotatable bonds is 9. The van der Waals surface area contributed by atoms with Crippen molar-refractivity contribution in [3.05, 3.63) is 54.1 Å². The predicted octanol–water partition coefficient (Wildman–Crippen LogP) is 3.11. The molecule has 33 heavy (non-hydrogen) atoms. The number of carbonyl (C=O) groups excluding carboxylic acids is 1. The van der Waals surface area contributed by atoms with Crippen molar-refractivity contribution in [2.45, 2.75) is 55.9 Å². The lowest BCUT2D eigenvalue weighted by Crippen LogP contribution is -2.44. The summed E-state index contributed by atoms with van der Waals surface area (Å²) in [7, 11) is -7.55. The number of nitrogens with zero attached hydrogens (tertiary/aromatic N) is 1. The summed E-state index contributed by atoms with van der Waals surface area (Å²) in [6.07, 6.45) is 1.93. The van der Waals surface area contributed by atoms with Gasteiger partial charge in [0.2, 0.25) is 26.0 Å². The van der Waals surface area contributed by atoms with Gasteiger partial charge >= 0.3 is 0 Å². The fourth-order valence-corrected chi connectivity index (χ4v) is 6.47. The summed E-state index contributed by atoms with van der Waals surface area (Å²) in [5.41, 5.74) is 1.22. The molecule has 180 valence electrons. The maximum atomic E-state index is 13.0. The van der Waals surface area contributed by atoms with Crippen molar-refractivity contribution >= 4 is 31.6 Å². The van der Waals surface area contributed by atoms with Gasteiger partial charge in [-0.05, 0) is 62.4 Å². The van der Waals surface area contributed by atoms with Crippen molar-refractivity contribution in [3.63, 3.8) is 0 Å². The molecule has 3 rings (SSSR count). The normalized spacial score (nSPS) is 16.1. The summed E-state index contributed by atoms with van der Waals surface area (Å²) in [5.74, 6) is -0.501. The van der Waals surface area contributed by atoms with E-state index >= 15 is 0 Å². The van der Waals surface area contributed by atoms with E-state index in [2.05, 4.69) is 10.0 Å². The highest BCUT2D eigenvalue weighted by molar-refractivity contribution is 7.89. The van der Waals surface area contributed by atoms with E-state index in [1.165, 1.54) is 28.6 Å². The molecule has 2 aromatic rings. The van der Waals surface area contributed by atoms with E-state index in [1.807, 2.05) is 20.8 Å². The molecule has 0 aromatic heterocycles. The fourth-order valence-electron chi connectivity index (χ4n) is 3.69. The van der Waals surface area contributed by atoms with Gasteiger partial charge in [-0.2, -0.15) is 9.03 Å². The van der Waals surface area contributed by atoms with Crippen LogP contribution < -0.4 is 10.0 Å². The van der Waals surface area contributed by atoms with Crippen LogP contribution in [0.25, 0.3) is 0 Å². The number of amides is 1. The van der Waals surface area contributed by atoms with Crippen LogP contribution in [-0.2, 0) is 24.8 Å². The molecule has 0 aliphatic carbocycles. The van der Waals surface area contributed by atoms with Crippen molar-refractivity contribution < 1.29 is 21.6 Å². The summed E-state index contributed by atoms with van der Waals surface area (Å²) >= 11 is 0. The molecule has 0 spiro atoms. The zero-order valence-electron chi connectivity index (χ0n) is 19.1. The lowest BCUT2D eigenvalue weighted by atomic mass is 10.0. The maximum Gasteiger partial charge on any atom is 0.243 e. The van der Waals surface area contributed by atoms with Crippen LogP contribution in [0.3, 0.4) is 0 Å². The molecule has 8 nitrogen and oxygen atoms in total. The van der Waals surface area contributed by atoms with Gasteiger partial charge in [0.1, 0.15) is 6.04 Å². The molecule has 0 saturated carbocycles. The number of nitrogens with one attached hydrogen (secondary N) is 2. The van der Waals surface area contributed by atoms with E-state index in [9.17, 15) is 21.6 Å². The zero-order valence-corrected chi connectivity index (χ0v) is 20.7. The lowest BCUT2D eigenvalue weighted by molar-refractivity contribution is -0.118. The van der Waals surface area contributed by atoms with Gasteiger partial charge in [-0.1, -0.05) is 37.6 Å². The first-order valence-electron chi connectivity index (χ1n) is 11.0. The minimum atomic E-state index is -3.92.